The van der Waals surface area contributed by atoms with Gasteiger partial charge in [-0.15, -0.1) is 0 Å². The van der Waals surface area contributed by atoms with Crippen molar-refractivity contribution in [2.24, 2.45) is 11.8 Å². The van der Waals surface area contributed by atoms with Crippen LogP contribution in [-0.2, 0) is 0 Å². The lowest BCUT2D eigenvalue weighted by atomic mass is 9.99. The number of aromatic nitrogens is 5. The normalized spacial score (nSPS) is 19.8. The third-order valence-corrected chi connectivity index (χ3v) is 9.01. The van der Waals surface area contributed by atoms with Gasteiger partial charge in [-0.25, -0.2) is 19.5 Å². The van der Waals surface area contributed by atoms with Gasteiger partial charge in [-0.3, -0.25) is 0 Å². The van der Waals surface area contributed by atoms with Crippen LogP contribution in [0.1, 0.15) is 83.5 Å². The molecule has 2 saturated heterocycles. The minimum atomic E-state index is 0.436. The second-order valence-corrected chi connectivity index (χ2v) is 11.9. The van der Waals surface area contributed by atoms with Crippen LogP contribution >= 0.6 is 0 Å². The predicted octanol–water partition coefficient (Wildman–Crippen LogP) is 7.02. The van der Waals surface area contributed by atoms with E-state index in [4.69, 9.17) is 20.1 Å². The molecule has 0 N–H and O–H groups in total. The number of aryl methyl sites for hydroxylation is 1. The molecule has 4 aromatic rings. The molecule has 2 fully saturated rings. The van der Waals surface area contributed by atoms with Gasteiger partial charge in [0.2, 0.25) is 0 Å². The van der Waals surface area contributed by atoms with Crippen molar-refractivity contribution in [3.8, 4) is 11.4 Å². The minimum absolute atomic E-state index is 0.436. The van der Waals surface area contributed by atoms with Gasteiger partial charge in [0.1, 0.15) is 17.2 Å². The molecule has 39 heavy (non-hydrogen) atoms. The SMILES string of the molecule is CCC[C@@H]1CCN(c2ccc3nc(C)c(-c4cc5nc(N6CC[C@@H](C)C6)cc(C(CC)CC)n5n4)nc3c2)C1. The molecule has 0 unspecified atom stereocenters. The molecule has 2 aliphatic heterocycles. The average Bonchev–Trinajstić information content (AvgIpc) is 3.69. The van der Waals surface area contributed by atoms with Gasteiger partial charge < -0.3 is 9.80 Å². The average molecular weight is 526 g/mol. The Bertz CT molecular complexity index is 1470. The molecule has 1 aromatic carbocycles. The number of rotatable bonds is 8. The van der Waals surface area contributed by atoms with E-state index < -0.39 is 0 Å². The van der Waals surface area contributed by atoms with E-state index in [0.29, 0.717) is 11.8 Å². The molecule has 0 amide bonds. The van der Waals surface area contributed by atoms with Crippen molar-refractivity contribution in [2.45, 2.75) is 79.1 Å². The Balaban J connectivity index is 1.40. The molecule has 5 heterocycles. The van der Waals surface area contributed by atoms with Crippen LogP contribution < -0.4 is 9.80 Å². The number of hydrogen-bond acceptors (Lipinski definition) is 6. The molecule has 2 atom stereocenters. The fourth-order valence-electron chi connectivity index (χ4n) is 6.68. The fraction of sp³-hybridized carbons (Fsp3) is 0.562. The van der Waals surface area contributed by atoms with E-state index in [2.05, 4.69) is 72.3 Å². The molecular weight excluding hydrogens is 482 g/mol. The Morgan fingerprint density at radius 2 is 1.72 bits per heavy atom. The second-order valence-electron chi connectivity index (χ2n) is 11.9. The summed E-state index contributed by atoms with van der Waals surface area (Å²) in [5, 5.41) is 5.10. The summed E-state index contributed by atoms with van der Waals surface area (Å²) in [5.74, 6) is 3.02. The summed E-state index contributed by atoms with van der Waals surface area (Å²) in [6.45, 7) is 15.6. The first-order valence-corrected chi connectivity index (χ1v) is 15.2. The Morgan fingerprint density at radius 1 is 0.897 bits per heavy atom. The van der Waals surface area contributed by atoms with Crippen LogP contribution in [0.25, 0.3) is 28.1 Å². The Labute approximate surface area is 232 Å². The van der Waals surface area contributed by atoms with Crippen molar-refractivity contribution in [2.75, 3.05) is 36.0 Å². The summed E-state index contributed by atoms with van der Waals surface area (Å²) >= 11 is 0. The topological polar surface area (TPSA) is 62.5 Å². The predicted molar refractivity (Wildman–Crippen MR) is 161 cm³/mol. The fourth-order valence-corrected chi connectivity index (χ4v) is 6.68. The van der Waals surface area contributed by atoms with Crippen molar-refractivity contribution in [3.63, 3.8) is 0 Å². The monoisotopic (exact) mass is 525 g/mol. The van der Waals surface area contributed by atoms with Crippen LogP contribution in [0, 0.1) is 18.8 Å². The van der Waals surface area contributed by atoms with Gasteiger partial charge >= 0.3 is 0 Å². The lowest BCUT2D eigenvalue weighted by Crippen LogP contribution is -2.21. The standard InChI is InChI=1S/C32H43N7/c1-6-9-23-13-15-37(20-23)25-10-11-26-27(16-25)34-32(22(5)33-26)28-17-31-35-30(38-14-12-21(4)19-38)18-29(39(31)36-28)24(7-2)8-3/h10-11,16-18,21,23-24H,6-9,12-15,19-20H2,1-5H3/t21-,23-/m1/s1. The molecule has 7 nitrogen and oxygen atoms in total. The third kappa shape index (κ3) is 4.96. The van der Waals surface area contributed by atoms with E-state index in [0.717, 1.165) is 84.5 Å². The molecule has 7 heteroatoms. The highest BCUT2D eigenvalue weighted by atomic mass is 15.3. The second kappa shape index (κ2) is 10.7. The lowest BCUT2D eigenvalue weighted by molar-refractivity contribution is 0.530. The molecule has 0 radical (unpaired) electrons. The van der Waals surface area contributed by atoms with E-state index >= 15 is 0 Å². The molecule has 0 spiro atoms. The smallest absolute Gasteiger partial charge is 0.158 e. The molecule has 3 aromatic heterocycles. The van der Waals surface area contributed by atoms with Crippen LogP contribution in [-0.4, -0.2) is 50.7 Å². The molecular formula is C32H43N7. The number of nitrogens with zero attached hydrogens (tertiary/aromatic N) is 7. The van der Waals surface area contributed by atoms with Crippen molar-refractivity contribution in [1.82, 2.24) is 24.6 Å². The minimum Gasteiger partial charge on any atom is -0.371 e. The maximum Gasteiger partial charge on any atom is 0.158 e. The first kappa shape index (κ1) is 26.0. The molecule has 2 aliphatic rings. The van der Waals surface area contributed by atoms with E-state index in [1.807, 2.05) is 6.92 Å². The largest absolute Gasteiger partial charge is 0.371 e. The van der Waals surface area contributed by atoms with Crippen molar-refractivity contribution < 1.29 is 0 Å². The Kier molecular flexibility index (Phi) is 7.17. The molecule has 0 aliphatic carbocycles. The lowest BCUT2D eigenvalue weighted by Gasteiger charge is -2.21. The van der Waals surface area contributed by atoms with E-state index in [1.165, 1.54) is 37.1 Å². The van der Waals surface area contributed by atoms with Crippen molar-refractivity contribution >= 4 is 28.2 Å². The zero-order valence-corrected chi connectivity index (χ0v) is 24.3. The number of hydrogen-bond donors (Lipinski definition) is 0. The van der Waals surface area contributed by atoms with Gasteiger partial charge in [-0.2, -0.15) is 5.10 Å². The van der Waals surface area contributed by atoms with Gasteiger partial charge in [-0.05, 0) is 69.1 Å². The Hall–Kier alpha value is -3.22. The first-order chi connectivity index (χ1) is 19.0. The van der Waals surface area contributed by atoms with Gasteiger partial charge in [0.05, 0.1) is 22.4 Å². The van der Waals surface area contributed by atoms with Crippen LogP contribution in [0.3, 0.4) is 0 Å². The number of fused-ring (bicyclic) bond motifs is 2. The van der Waals surface area contributed by atoms with Gasteiger partial charge in [-0.1, -0.05) is 34.1 Å². The van der Waals surface area contributed by atoms with Gasteiger partial charge in [0.25, 0.3) is 0 Å². The molecule has 6 rings (SSSR count). The quantitative estimate of drug-likeness (QED) is 0.246. The Morgan fingerprint density at radius 3 is 2.46 bits per heavy atom. The van der Waals surface area contributed by atoms with E-state index in [9.17, 15) is 0 Å². The van der Waals surface area contributed by atoms with Crippen LogP contribution in [0.4, 0.5) is 11.5 Å². The van der Waals surface area contributed by atoms with E-state index in [-0.39, 0.29) is 0 Å². The maximum atomic E-state index is 5.15. The van der Waals surface area contributed by atoms with Gasteiger partial charge in [0, 0.05) is 49.9 Å². The summed E-state index contributed by atoms with van der Waals surface area (Å²) in [5.41, 5.74) is 7.87. The van der Waals surface area contributed by atoms with Gasteiger partial charge in [0.15, 0.2) is 5.65 Å². The molecule has 206 valence electrons. The summed E-state index contributed by atoms with van der Waals surface area (Å²) in [4.78, 5) is 20.2. The highest BCUT2D eigenvalue weighted by Gasteiger charge is 2.25. The van der Waals surface area contributed by atoms with Crippen LogP contribution in [0.5, 0.6) is 0 Å². The summed E-state index contributed by atoms with van der Waals surface area (Å²) in [6.07, 6.45) is 7.23. The summed E-state index contributed by atoms with van der Waals surface area (Å²) in [7, 11) is 0. The zero-order valence-electron chi connectivity index (χ0n) is 24.3. The molecule has 0 saturated carbocycles. The van der Waals surface area contributed by atoms with Crippen LogP contribution in [0.15, 0.2) is 30.3 Å². The highest BCUT2D eigenvalue weighted by Crippen LogP contribution is 2.33. The maximum absolute atomic E-state index is 5.15. The summed E-state index contributed by atoms with van der Waals surface area (Å²) < 4.78 is 2.07. The zero-order chi connectivity index (χ0) is 27.1. The third-order valence-electron chi connectivity index (χ3n) is 9.01. The summed E-state index contributed by atoms with van der Waals surface area (Å²) in [6, 6.07) is 10.9. The molecule has 0 bridgehead atoms. The number of anilines is 2. The van der Waals surface area contributed by atoms with Crippen LogP contribution in [0.2, 0.25) is 0 Å². The van der Waals surface area contributed by atoms with Crippen molar-refractivity contribution in [3.05, 3.63) is 41.7 Å². The highest BCUT2D eigenvalue weighted by molar-refractivity contribution is 5.82. The number of benzene rings is 1. The van der Waals surface area contributed by atoms with Crippen molar-refractivity contribution in [1.29, 1.82) is 0 Å². The van der Waals surface area contributed by atoms with E-state index in [1.54, 1.807) is 0 Å². The first-order valence-electron chi connectivity index (χ1n) is 15.2.